The van der Waals surface area contributed by atoms with Gasteiger partial charge in [-0.15, -0.1) is 0 Å². The maximum Gasteiger partial charge on any atom is 0.326 e. The van der Waals surface area contributed by atoms with Crippen LogP contribution in [0.15, 0.2) is 18.2 Å². The van der Waals surface area contributed by atoms with Gasteiger partial charge in [0.1, 0.15) is 11.9 Å². The maximum absolute atomic E-state index is 13.1. The van der Waals surface area contributed by atoms with Crippen LogP contribution in [0.25, 0.3) is 0 Å². The minimum atomic E-state index is -1.57. The van der Waals surface area contributed by atoms with E-state index >= 15 is 0 Å². The van der Waals surface area contributed by atoms with Gasteiger partial charge in [0.25, 0.3) is 0 Å². The molecule has 0 aliphatic carbocycles. The van der Waals surface area contributed by atoms with Crippen molar-refractivity contribution in [1.29, 1.82) is 0 Å². The molecular weight excluding hydrogens is 271 g/mol. The van der Waals surface area contributed by atoms with Gasteiger partial charge in [0.2, 0.25) is 0 Å². The Morgan fingerprint density at radius 3 is 2.40 bits per heavy atom. The Morgan fingerprint density at radius 1 is 1.25 bits per heavy atom. The molecule has 0 saturated heterocycles. The molecule has 1 atom stereocenters. The van der Waals surface area contributed by atoms with Crippen molar-refractivity contribution in [2.45, 2.75) is 19.4 Å². The molecule has 108 valence electrons. The van der Waals surface area contributed by atoms with Gasteiger partial charge in [-0.3, -0.25) is 4.79 Å². The fourth-order valence-corrected chi connectivity index (χ4v) is 1.51. The van der Waals surface area contributed by atoms with E-state index in [0.29, 0.717) is 5.56 Å². The number of benzene rings is 1. The quantitative estimate of drug-likeness (QED) is 0.648. The molecule has 4 N–H and O–H groups in total. The zero-order valence-corrected chi connectivity index (χ0v) is 10.5. The molecule has 7 nitrogen and oxygen atoms in total. The van der Waals surface area contributed by atoms with E-state index in [9.17, 15) is 18.8 Å². The predicted octanol–water partition coefficient (Wildman–Crippen LogP) is 1.18. The SMILES string of the molecule is Cc1cc(F)cc(NC(=O)NC(CC(=O)O)C(=O)O)c1. The number of amides is 2. The van der Waals surface area contributed by atoms with Gasteiger partial charge in [0.05, 0.1) is 6.42 Å². The number of aliphatic carboxylic acids is 2. The largest absolute Gasteiger partial charge is 0.481 e. The van der Waals surface area contributed by atoms with Crippen LogP contribution in [0.3, 0.4) is 0 Å². The van der Waals surface area contributed by atoms with Gasteiger partial charge in [-0.05, 0) is 30.7 Å². The number of aryl methyl sites for hydroxylation is 1. The summed E-state index contributed by atoms with van der Waals surface area (Å²) in [7, 11) is 0. The first-order valence-electron chi connectivity index (χ1n) is 5.57. The Morgan fingerprint density at radius 2 is 1.90 bits per heavy atom. The van der Waals surface area contributed by atoms with E-state index in [1.807, 2.05) is 5.32 Å². The smallest absolute Gasteiger partial charge is 0.326 e. The Labute approximate surface area is 113 Å². The molecule has 8 heteroatoms. The second kappa shape index (κ2) is 6.50. The van der Waals surface area contributed by atoms with Gasteiger partial charge in [-0.2, -0.15) is 0 Å². The minimum Gasteiger partial charge on any atom is -0.481 e. The lowest BCUT2D eigenvalue weighted by molar-refractivity contribution is -0.145. The third-order valence-electron chi connectivity index (χ3n) is 2.28. The molecule has 20 heavy (non-hydrogen) atoms. The molecule has 0 fully saturated rings. The lowest BCUT2D eigenvalue weighted by Crippen LogP contribution is -2.44. The number of carboxylic acids is 2. The molecule has 1 aromatic rings. The first-order valence-corrected chi connectivity index (χ1v) is 5.57. The van der Waals surface area contributed by atoms with Gasteiger partial charge in [0.15, 0.2) is 0 Å². The number of halogens is 1. The Hall–Kier alpha value is -2.64. The highest BCUT2D eigenvalue weighted by atomic mass is 19.1. The summed E-state index contributed by atoms with van der Waals surface area (Å²) in [4.78, 5) is 32.8. The van der Waals surface area contributed by atoms with Gasteiger partial charge < -0.3 is 20.8 Å². The van der Waals surface area contributed by atoms with Crippen LogP contribution in [0.1, 0.15) is 12.0 Å². The van der Waals surface area contributed by atoms with Crippen LogP contribution in [0.2, 0.25) is 0 Å². The zero-order chi connectivity index (χ0) is 15.3. The summed E-state index contributed by atoms with van der Waals surface area (Å²) in [6.45, 7) is 1.62. The number of rotatable bonds is 5. The highest BCUT2D eigenvalue weighted by molar-refractivity contribution is 5.93. The summed E-state index contributed by atoms with van der Waals surface area (Å²) in [6.07, 6.45) is -0.759. The Bertz CT molecular complexity index is 526. The third kappa shape index (κ3) is 4.92. The van der Waals surface area contributed by atoms with E-state index in [1.165, 1.54) is 12.1 Å². The summed E-state index contributed by atoms with van der Waals surface area (Å²) >= 11 is 0. The average molecular weight is 284 g/mol. The molecule has 1 aromatic carbocycles. The number of carbonyl (C=O) groups is 3. The van der Waals surface area contributed by atoms with Crippen molar-refractivity contribution in [2.75, 3.05) is 5.32 Å². The average Bonchev–Trinajstić information content (AvgIpc) is 2.25. The van der Waals surface area contributed by atoms with Crippen molar-refractivity contribution >= 4 is 23.7 Å². The molecule has 0 radical (unpaired) electrons. The number of anilines is 1. The zero-order valence-electron chi connectivity index (χ0n) is 10.5. The predicted molar refractivity (Wildman–Crippen MR) is 67.0 cm³/mol. The molecule has 0 bridgehead atoms. The summed E-state index contributed by atoms with van der Waals surface area (Å²) in [6, 6.07) is 1.30. The molecule has 2 amide bonds. The lowest BCUT2D eigenvalue weighted by atomic mass is 10.2. The first-order chi connectivity index (χ1) is 9.27. The van der Waals surface area contributed by atoms with Gasteiger partial charge in [-0.25, -0.2) is 14.0 Å². The number of carboxylic acid groups (broad SMARTS) is 2. The van der Waals surface area contributed by atoms with E-state index < -0.39 is 36.2 Å². The number of carbonyl (C=O) groups excluding carboxylic acids is 1. The molecule has 1 rings (SSSR count). The molecule has 0 heterocycles. The maximum atomic E-state index is 13.1. The number of hydrogen-bond donors (Lipinski definition) is 4. The van der Waals surface area contributed by atoms with Crippen LogP contribution >= 0.6 is 0 Å². The van der Waals surface area contributed by atoms with Crippen LogP contribution in [0, 0.1) is 12.7 Å². The third-order valence-corrected chi connectivity index (χ3v) is 2.28. The summed E-state index contributed by atoms with van der Waals surface area (Å²) < 4.78 is 13.1. The number of urea groups is 1. The molecule has 0 aromatic heterocycles. The van der Waals surface area contributed by atoms with Crippen LogP contribution in [-0.4, -0.2) is 34.2 Å². The first kappa shape index (κ1) is 15.4. The van der Waals surface area contributed by atoms with E-state index in [4.69, 9.17) is 10.2 Å². The van der Waals surface area contributed by atoms with Crippen LogP contribution in [0.4, 0.5) is 14.9 Å². The normalized spacial score (nSPS) is 11.5. The lowest BCUT2D eigenvalue weighted by Gasteiger charge is -2.13. The molecule has 0 aliphatic heterocycles. The van der Waals surface area contributed by atoms with Crippen molar-refractivity contribution < 1.29 is 29.0 Å². The molecule has 1 unspecified atom stereocenters. The molecule has 0 spiro atoms. The standard InChI is InChI=1S/C12H13FN2O5/c1-6-2-7(13)4-8(3-6)14-12(20)15-9(11(18)19)5-10(16)17/h2-4,9H,5H2,1H3,(H,16,17)(H,18,19)(H2,14,15,20). The van der Waals surface area contributed by atoms with Crippen molar-refractivity contribution in [1.82, 2.24) is 5.32 Å². The number of hydrogen-bond acceptors (Lipinski definition) is 3. The summed E-state index contributed by atoms with van der Waals surface area (Å²) in [5.41, 5.74) is 0.708. The Kier molecular flexibility index (Phi) is 5.01. The topological polar surface area (TPSA) is 116 Å². The Balaban J connectivity index is 2.70. The summed E-state index contributed by atoms with van der Waals surface area (Å²) in [5, 5.41) is 21.5. The molecule has 0 saturated carbocycles. The van der Waals surface area contributed by atoms with E-state index in [-0.39, 0.29) is 5.69 Å². The van der Waals surface area contributed by atoms with Crippen molar-refractivity contribution in [2.24, 2.45) is 0 Å². The van der Waals surface area contributed by atoms with Crippen molar-refractivity contribution in [3.05, 3.63) is 29.6 Å². The van der Waals surface area contributed by atoms with Gasteiger partial charge in [0, 0.05) is 5.69 Å². The fourth-order valence-electron chi connectivity index (χ4n) is 1.51. The van der Waals surface area contributed by atoms with E-state index in [1.54, 1.807) is 6.92 Å². The highest BCUT2D eigenvalue weighted by Gasteiger charge is 2.23. The second-order valence-electron chi connectivity index (χ2n) is 4.10. The van der Waals surface area contributed by atoms with E-state index in [0.717, 1.165) is 6.07 Å². The molecular formula is C12H13FN2O5. The monoisotopic (exact) mass is 284 g/mol. The van der Waals surface area contributed by atoms with Crippen LogP contribution in [0.5, 0.6) is 0 Å². The minimum absolute atomic E-state index is 0.138. The second-order valence-corrected chi connectivity index (χ2v) is 4.10. The van der Waals surface area contributed by atoms with Crippen molar-refractivity contribution in [3.63, 3.8) is 0 Å². The molecule has 0 aliphatic rings. The summed E-state index contributed by atoms with van der Waals surface area (Å²) in [5.74, 6) is -3.39. The highest BCUT2D eigenvalue weighted by Crippen LogP contribution is 2.13. The van der Waals surface area contributed by atoms with Crippen LogP contribution in [-0.2, 0) is 9.59 Å². The van der Waals surface area contributed by atoms with E-state index in [2.05, 4.69) is 5.32 Å². The van der Waals surface area contributed by atoms with Gasteiger partial charge >= 0.3 is 18.0 Å². The van der Waals surface area contributed by atoms with Crippen molar-refractivity contribution in [3.8, 4) is 0 Å². The van der Waals surface area contributed by atoms with Crippen LogP contribution < -0.4 is 10.6 Å². The number of nitrogens with one attached hydrogen (secondary N) is 2. The van der Waals surface area contributed by atoms with Gasteiger partial charge in [-0.1, -0.05) is 0 Å². The fraction of sp³-hybridized carbons (Fsp3) is 0.250.